The Bertz CT molecular complexity index is 971. The Kier molecular flexibility index (Phi) is 3.73. The third-order valence-corrected chi connectivity index (χ3v) is 6.79. The van der Waals surface area contributed by atoms with Crippen molar-refractivity contribution in [2.24, 2.45) is 0 Å². The molecule has 0 unspecified atom stereocenters. The standard InChI is InChI=1S/C21H14IO2/c1-13-17-4-2-3-5-18(17)19-11-10-16(12-20(13)19)22-15-8-6-14(7-9-15)21(23)24/h2-12H,1H2,(H,23,24)/q-1. The van der Waals surface area contributed by atoms with Gasteiger partial charge in [0.05, 0.1) is 0 Å². The fourth-order valence-electron chi connectivity index (χ4n) is 2.97. The Morgan fingerprint density at radius 3 is 2.12 bits per heavy atom. The topological polar surface area (TPSA) is 37.3 Å². The van der Waals surface area contributed by atoms with E-state index < -0.39 is 5.97 Å². The summed E-state index contributed by atoms with van der Waals surface area (Å²) < 4.78 is 2.52. The van der Waals surface area contributed by atoms with Crippen molar-refractivity contribution >= 4 is 11.5 Å². The van der Waals surface area contributed by atoms with Crippen LogP contribution in [0.15, 0.2) is 73.3 Å². The molecule has 2 nitrogen and oxygen atoms in total. The summed E-state index contributed by atoms with van der Waals surface area (Å²) in [4.78, 5) is 10.9. The molecule has 24 heavy (non-hydrogen) atoms. The molecule has 1 aliphatic rings. The third-order valence-electron chi connectivity index (χ3n) is 4.16. The summed E-state index contributed by atoms with van der Waals surface area (Å²) >= 11 is -0.342. The predicted molar refractivity (Wildman–Crippen MR) is 90.8 cm³/mol. The molecule has 1 N–H and O–H groups in total. The quantitative estimate of drug-likeness (QED) is 0.506. The zero-order chi connectivity index (χ0) is 16.7. The van der Waals surface area contributed by atoms with E-state index in [2.05, 4.69) is 43.0 Å². The van der Waals surface area contributed by atoms with Crippen molar-refractivity contribution < 1.29 is 31.1 Å². The van der Waals surface area contributed by atoms with Crippen LogP contribution in [0.5, 0.6) is 0 Å². The molecule has 0 bridgehead atoms. The number of carboxylic acid groups (broad SMARTS) is 1. The van der Waals surface area contributed by atoms with Crippen molar-refractivity contribution in [3.05, 3.63) is 97.1 Å². The summed E-state index contributed by atoms with van der Waals surface area (Å²) in [6.45, 7) is 4.26. The zero-order valence-corrected chi connectivity index (χ0v) is 14.9. The number of hydrogen-bond acceptors (Lipinski definition) is 1. The Morgan fingerprint density at radius 2 is 1.42 bits per heavy atom. The Labute approximate surface area is 150 Å². The summed E-state index contributed by atoms with van der Waals surface area (Å²) in [6.07, 6.45) is 0. The SMILES string of the molecule is C=C1c2ccccc2-c2ccc([I-]c3ccc(C(=O)O)cc3)cc21. The number of carbonyl (C=O) groups is 1. The van der Waals surface area contributed by atoms with Crippen molar-refractivity contribution in [1.29, 1.82) is 0 Å². The predicted octanol–water partition coefficient (Wildman–Crippen LogP) is 1.56. The van der Waals surface area contributed by atoms with Crippen molar-refractivity contribution in [3.63, 3.8) is 0 Å². The van der Waals surface area contributed by atoms with Crippen LogP contribution in [0.2, 0.25) is 0 Å². The first-order chi connectivity index (χ1) is 11.6. The molecular formula is C21H14IO2-. The molecule has 0 saturated carbocycles. The Balaban J connectivity index is 1.65. The molecule has 3 aromatic carbocycles. The minimum atomic E-state index is -0.883. The van der Waals surface area contributed by atoms with Crippen LogP contribution in [0, 0.1) is 7.14 Å². The molecule has 0 atom stereocenters. The van der Waals surface area contributed by atoms with Crippen LogP contribution in [-0.2, 0) is 0 Å². The van der Waals surface area contributed by atoms with Gasteiger partial charge in [-0.1, -0.05) is 0 Å². The van der Waals surface area contributed by atoms with Gasteiger partial charge in [-0.2, -0.15) is 0 Å². The van der Waals surface area contributed by atoms with Crippen LogP contribution in [0.3, 0.4) is 0 Å². The van der Waals surface area contributed by atoms with Crippen molar-refractivity contribution in [3.8, 4) is 11.1 Å². The molecule has 3 aromatic rings. The molecule has 4 rings (SSSR count). The van der Waals surface area contributed by atoms with Gasteiger partial charge < -0.3 is 0 Å². The molecule has 0 spiro atoms. The number of carboxylic acids is 1. The molecule has 3 heteroatoms. The van der Waals surface area contributed by atoms with Crippen molar-refractivity contribution in [2.75, 3.05) is 0 Å². The number of aromatic carboxylic acids is 1. The van der Waals surface area contributed by atoms with Crippen LogP contribution >= 0.6 is 0 Å². The maximum atomic E-state index is 10.9. The first kappa shape index (κ1) is 15.1. The van der Waals surface area contributed by atoms with Crippen LogP contribution in [0.25, 0.3) is 16.7 Å². The summed E-state index contributed by atoms with van der Waals surface area (Å²) in [6, 6.07) is 22.2. The average Bonchev–Trinajstić information content (AvgIpc) is 2.88. The first-order valence-corrected chi connectivity index (χ1v) is 9.70. The third kappa shape index (κ3) is 2.55. The van der Waals surface area contributed by atoms with Gasteiger partial charge in [-0.15, -0.1) is 0 Å². The number of hydrogen-bond donors (Lipinski definition) is 1. The van der Waals surface area contributed by atoms with Crippen LogP contribution < -0.4 is 21.2 Å². The molecule has 0 aliphatic heterocycles. The fraction of sp³-hybridized carbons (Fsp3) is 0. The second kappa shape index (κ2) is 5.91. The maximum absolute atomic E-state index is 10.9. The van der Waals surface area contributed by atoms with Crippen molar-refractivity contribution in [2.45, 2.75) is 0 Å². The van der Waals surface area contributed by atoms with Gasteiger partial charge in [0.25, 0.3) is 0 Å². The van der Waals surface area contributed by atoms with E-state index in [0.29, 0.717) is 5.56 Å². The van der Waals surface area contributed by atoms with Gasteiger partial charge >= 0.3 is 151 Å². The first-order valence-electron chi connectivity index (χ1n) is 7.55. The molecule has 1 aliphatic carbocycles. The molecule has 0 amide bonds. The van der Waals surface area contributed by atoms with Crippen molar-refractivity contribution in [1.82, 2.24) is 0 Å². The molecule has 0 heterocycles. The second-order valence-electron chi connectivity index (χ2n) is 5.62. The molecule has 0 fully saturated rings. The number of benzene rings is 3. The van der Waals surface area contributed by atoms with E-state index in [1.165, 1.54) is 29.4 Å². The summed E-state index contributed by atoms with van der Waals surface area (Å²) in [5.41, 5.74) is 6.37. The minimum absolute atomic E-state index is 0.334. The molecule has 0 saturated heterocycles. The number of fused-ring (bicyclic) bond motifs is 3. The van der Waals surface area contributed by atoms with Crippen LogP contribution in [-0.4, -0.2) is 11.1 Å². The van der Waals surface area contributed by atoms with Gasteiger partial charge in [0.1, 0.15) is 0 Å². The van der Waals surface area contributed by atoms with E-state index in [-0.39, 0.29) is 21.2 Å². The van der Waals surface area contributed by atoms with Gasteiger partial charge in [-0.3, -0.25) is 0 Å². The summed E-state index contributed by atoms with van der Waals surface area (Å²) in [7, 11) is 0. The fourth-order valence-corrected chi connectivity index (χ4v) is 5.23. The summed E-state index contributed by atoms with van der Waals surface area (Å²) in [5, 5.41) is 8.99. The normalized spacial score (nSPS) is 12.1. The van der Waals surface area contributed by atoms with Gasteiger partial charge in [0.15, 0.2) is 0 Å². The van der Waals surface area contributed by atoms with E-state index in [1.54, 1.807) is 12.1 Å². The Hall–Kier alpha value is -2.40. The monoisotopic (exact) mass is 425 g/mol. The number of halogens is 1. The van der Waals surface area contributed by atoms with Crippen LogP contribution in [0.1, 0.15) is 21.5 Å². The van der Waals surface area contributed by atoms with E-state index >= 15 is 0 Å². The zero-order valence-electron chi connectivity index (χ0n) is 12.8. The van der Waals surface area contributed by atoms with Gasteiger partial charge in [0, 0.05) is 0 Å². The van der Waals surface area contributed by atoms with E-state index in [4.69, 9.17) is 5.11 Å². The van der Waals surface area contributed by atoms with Gasteiger partial charge in [-0.25, -0.2) is 0 Å². The molecule has 0 aromatic heterocycles. The van der Waals surface area contributed by atoms with Crippen LogP contribution in [0.4, 0.5) is 0 Å². The molecular weight excluding hydrogens is 411 g/mol. The van der Waals surface area contributed by atoms with Gasteiger partial charge in [-0.05, 0) is 0 Å². The second-order valence-corrected chi connectivity index (χ2v) is 8.65. The molecule has 0 radical (unpaired) electrons. The van der Waals surface area contributed by atoms with E-state index in [1.807, 2.05) is 18.2 Å². The number of rotatable bonds is 3. The summed E-state index contributed by atoms with van der Waals surface area (Å²) in [5.74, 6) is -0.883. The van der Waals surface area contributed by atoms with Gasteiger partial charge in [0.2, 0.25) is 0 Å². The Morgan fingerprint density at radius 1 is 0.792 bits per heavy atom. The molecule has 118 valence electrons. The van der Waals surface area contributed by atoms with E-state index in [0.717, 1.165) is 5.57 Å². The van der Waals surface area contributed by atoms with E-state index in [9.17, 15) is 4.79 Å². The average molecular weight is 425 g/mol.